The molecule has 0 aromatic rings. The Kier molecular flexibility index (Phi) is 27.5. The van der Waals surface area contributed by atoms with Gasteiger partial charge < -0.3 is 29.7 Å². The zero-order valence-corrected chi connectivity index (χ0v) is 17.4. The van der Waals surface area contributed by atoms with Gasteiger partial charge in [-0.2, -0.15) is 0 Å². The second-order valence-electron chi connectivity index (χ2n) is 4.77. The van der Waals surface area contributed by atoms with Crippen LogP contribution in [0.25, 0.3) is 0 Å². The Morgan fingerprint density at radius 1 is 0.500 bits per heavy atom. The van der Waals surface area contributed by atoms with E-state index in [0.717, 1.165) is 20.8 Å². The van der Waals surface area contributed by atoms with E-state index in [-0.39, 0.29) is 19.5 Å². The van der Waals surface area contributed by atoms with E-state index in [4.69, 9.17) is 4.79 Å². The minimum absolute atomic E-state index is 0. The van der Waals surface area contributed by atoms with Crippen LogP contribution in [0.4, 0.5) is 0 Å². The van der Waals surface area contributed by atoms with Crippen LogP contribution in [-0.2, 0) is 67.4 Å². The molecule has 0 bridgehead atoms. The molecule has 0 aromatic heterocycles. The molecule has 30 heavy (non-hydrogen) atoms. The summed E-state index contributed by atoms with van der Waals surface area (Å²) in [5, 5.41) is 28.9. The molecule has 13 nitrogen and oxygen atoms in total. The molecule has 0 aromatic carbocycles. The summed E-state index contributed by atoms with van der Waals surface area (Å²) in [6, 6.07) is 0. The van der Waals surface area contributed by atoms with Crippen molar-refractivity contribution in [2.75, 3.05) is 0 Å². The summed E-state index contributed by atoms with van der Waals surface area (Å²) in [5.74, 6) is -10.3. The molecule has 0 heterocycles. The number of carboxylic acid groups (broad SMARTS) is 3. The van der Waals surface area contributed by atoms with Crippen LogP contribution in [0.2, 0.25) is 0 Å². The van der Waals surface area contributed by atoms with Crippen LogP contribution in [-0.4, -0.2) is 59.4 Å². The van der Waals surface area contributed by atoms with Gasteiger partial charge in [0.15, 0.2) is 17.3 Å². The van der Waals surface area contributed by atoms with Gasteiger partial charge in [0.25, 0.3) is 6.79 Å². The number of hydrogen-bond donors (Lipinski definition) is 0. The SMILES string of the molecule is CC(=O)CC(=O)C(=O)[O-].CC(=O)CC(=O)C(=O)[O-].CC(=O)CC(=O)C(=O)[O-].[C]=O.[Rh+3]. The first-order chi connectivity index (χ1) is 13.1. The van der Waals surface area contributed by atoms with Gasteiger partial charge in [-0.3, -0.25) is 33.6 Å². The Hall–Kier alpha value is -3.28. The second-order valence-corrected chi connectivity index (χ2v) is 4.77. The Morgan fingerprint density at radius 3 is 0.667 bits per heavy atom. The Morgan fingerprint density at radius 2 is 0.633 bits per heavy atom. The molecule has 0 N–H and O–H groups in total. The van der Waals surface area contributed by atoms with Crippen molar-refractivity contribution in [3.8, 4) is 0 Å². The van der Waals surface area contributed by atoms with Gasteiger partial charge in [0, 0.05) is 0 Å². The number of Topliss-reactive ketones (excluding diaryl/α,β-unsaturated/α-hetero) is 6. The molecule has 0 fully saturated rings. The summed E-state index contributed by atoms with van der Waals surface area (Å²) in [6.45, 7) is 7.92. The summed E-state index contributed by atoms with van der Waals surface area (Å²) in [4.78, 5) is 96.7. The normalized spacial score (nSPS) is 7.83. The Labute approximate surface area is 182 Å². The number of aliphatic carboxylic acids is 3. The third-order valence-corrected chi connectivity index (χ3v) is 1.91. The van der Waals surface area contributed by atoms with Crippen molar-refractivity contribution in [1.82, 2.24) is 0 Å². The summed E-state index contributed by atoms with van der Waals surface area (Å²) >= 11 is 0. The van der Waals surface area contributed by atoms with E-state index in [9.17, 15) is 58.5 Å². The molecular weight excluding hydrogens is 503 g/mol. The first-order valence-electron chi connectivity index (χ1n) is 7.02. The molecule has 0 aliphatic heterocycles. The first kappa shape index (κ1) is 37.5. The predicted octanol–water partition coefficient (Wildman–Crippen LogP) is -5.55. The van der Waals surface area contributed by atoms with Gasteiger partial charge in [0.2, 0.25) is 0 Å². The van der Waals surface area contributed by atoms with Crippen LogP contribution in [0.15, 0.2) is 0 Å². The first-order valence-corrected chi connectivity index (χ1v) is 7.02. The summed E-state index contributed by atoms with van der Waals surface area (Å²) < 4.78 is 0. The standard InChI is InChI=1S/3C5H6O4.CO.Rh/c3*1-3(6)2-4(7)5(8)9;1-2;/h3*2H2,1H3,(H,8,9);;/q;;;;+3/p-3. The van der Waals surface area contributed by atoms with Crippen LogP contribution >= 0.6 is 0 Å². The van der Waals surface area contributed by atoms with Crippen LogP contribution in [0, 0.1) is 0 Å². The van der Waals surface area contributed by atoms with E-state index in [0.29, 0.717) is 0 Å². The van der Waals surface area contributed by atoms with Crippen molar-refractivity contribution >= 4 is 59.4 Å². The summed E-state index contributed by atoms with van der Waals surface area (Å²) in [7, 11) is 0. The van der Waals surface area contributed by atoms with Gasteiger partial charge >= 0.3 is 19.5 Å². The van der Waals surface area contributed by atoms with Gasteiger partial charge in [-0.05, 0) is 20.8 Å². The molecule has 2 radical (unpaired) electrons. The summed E-state index contributed by atoms with van der Waals surface area (Å²) in [5.41, 5.74) is 0. The van der Waals surface area contributed by atoms with Gasteiger partial charge in [0.1, 0.15) is 35.3 Å². The van der Waals surface area contributed by atoms with E-state index >= 15 is 0 Å². The van der Waals surface area contributed by atoms with Crippen LogP contribution in [0.5, 0.6) is 0 Å². The van der Waals surface area contributed by atoms with Crippen LogP contribution in [0.3, 0.4) is 0 Å². The monoisotopic (exact) mass is 518 g/mol. The maximum Gasteiger partial charge on any atom is 3.00 e. The zero-order chi connectivity index (χ0) is 24.3. The third kappa shape index (κ3) is 32.4. The molecule has 0 aliphatic rings. The number of ketones is 6. The maximum absolute atomic E-state index is 10.1. The van der Waals surface area contributed by atoms with E-state index in [1.165, 1.54) is 0 Å². The topological polar surface area (TPSA) is 240 Å². The van der Waals surface area contributed by atoms with E-state index in [1.807, 2.05) is 0 Å². The average molecular weight is 518 g/mol. The molecule has 0 saturated heterocycles. The van der Waals surface area contributed by atoms with Crippen molar-refractivity contribution in [3.63, 3.8) is 0 Å². The molecule has 166 valence electrons. The van der Waals surface area contributed by atoms with Crippen molar-refractivity contribution in [2.24, 2.45) is 0 Å². The van der Waals surface area contributed by atoms with Crippen LogP contribution < -0.4 is 15.3 Å². The third-order valence-electron chi connectivity index (χ3n) is 1.91. The minimum atomic E-state index is -1.80. The Bertz CT molecular complexity index is 588. The molecular formula is C16H15O13Rh. The Balaban J connectivity index is -0.0000000982. The fraction of sp³-hybridized carbons (Fsp3) is 0.375. The number of carboxylic acids is 3. The van der Waals surface area contributed by atoms with Gasteiger partial charge in [-0.15, -0.1) is 0 Å². The quantitative estimate of drug-likeness (QED) is 0.157. The molecule has 0 atom stereocenters. The van der Waals surface area contributed by atoms with E-state index < -0.39 is 71.9 Å². The fourth-order valence-electron chi connectivity index (χ4n) is 0.895. The average Bonchev–Trinajstić information content (AvgIpc) is 2.55. The number of carbonyl (C=O) groups is 9. The van der Waals surface area contributed by atoms with Gasteiger partial charge in [-0.1, -0.05) is 0 Å². The molecule has 0 aliphatic carbocycles. The van der Waals surface area contributed by atoms with Crippen LogP contribution in [0.1, 0.15) is 40.0 Å². The number of hydrogen-bond acceptors (Lipinski definition) is 13. The second kappa shape index (κ2) is 22.0. The molecule has 0 amide bonds. The fourth-order valence-corrected chi connectivity index (χ4v) is 0.895. The number of rotatable bonds is 9. The maximum atomic E-state index is 10.1. The van der Waals surface area contributed by atoms with E-state index in [2.05, 4.69) is 6.79 Å². The molecule has 0 spiro atoms. The van der Waals surface area contributed by atoms with Crippen molar-refractivity contribution < 1.29 is 82.7 Å². The van der Waals surface area contributed by atoms with Gasteiger partial charge in [-0.25, -0.2) is 0 Å². The number of carbonyl (C=O) groups excluding carboxylic acids is 10. The van der Waals surface area contributed by atoms with Crippen molar-refractivity contribution in [2.45, 2.75) is 40.0 Å². The summed E-state index contributed by atoms with van der Waals surface area (Å²) in [6.07, 6.45) is -1.70. The van der Waals surface area contributed by atoms with E-state index in [1.54, 1.807) is 0 Å². The van der Waals surface area contributed by atoms with Crippen molar-refractivity contribution in [3.05, 3.63) is 0 Å². The molecule has 0 unspecified atom stereocenters. The molecule has 0 saturated carbocycles. The molecule has 14 heteroatoms. The molecule has 0 rings (SSSR count). The minimum Gasteiger partial charge on any atom is -0.542 e. The largest absolute Gasteiger partial charge is 3.00 e. The zero-order valence-electron chi connectivity index (χ0n) is 15.8. The van der Waals surface area contributed by atoms with Crippen molar-refractivity contribution in [1.29, 1.82) is 0 Å². The predicted molar refractivity (Wildman–Crippen MR) is 81.6 cm³/mol. The van der Waals surface area contributed by atoms with Gasteiger partial charge in [0.05, 0.1) is 19.3 Å². The smallest absolute Gasteiger partial charge is 0.542 e.